The second-order valence-electron chi connectivity index (χ2n) is 9.50. The zero-order valence-corrected chi connectivity index (χ0v) is 22.4. The number of rotatable bonds is 11. The average molecular weight is 608 g/mol. The van der Waals surface area contributed by atoms with Crippen molar-refractivity contribution in [3.63, 3.8) is 0 Å². The Morgan fingerprint density at radius 3 is 2.26 bits per heavy atom. The van der Waals surface area contributed by atoms with E-state index in [0.717, 1.165) is 24.3 Å². The van der Waals surface area contributed by atoms with E-state index in [0.29, 0.717) is 16.8 Å². The fourth-order valence-electron chi connectivity index (χ4n) is 4.69. The molecule has 2 amide bonds. The number of amides is 2. The summed E-state index contributed by atoms with van der Waals surface area (Å²) in [6, 6.07) is 7.03. The molecular weight excluding hydrogens is 583 g/mol. The minimum Gasteiger partial charge on any atom is -0.366 e. The predicted octanol–water partition coefficient (Wildman–Crippen LogP) is 6.39. The number of primary amides is 1. The third-order valence-corrected chi connectivity index (χ3v) is 6.61. The van der Waals surface area contributed by atoms with Gasteiger partial charge in [-0.15, -0.1) is 0 Å². The van der Waals surface area contributed by atoms with Gasteiger partial charge in [-0.1, -0.05) is 19.1 Å². The average Bonchev–Trinajstić information content (AvgIpc) is 3.39. The van der Waals surface area contributed by atoms with Crippen molar-refractivity contribution >= 4 is 11.8 Å². The van der Waals surface area contributed by atoms with E-state index in [1.54, 1.807) is 0 Å². The van der Waals surface area contributed by atoms with E-state index < -0.39 is 71.2 Å². The van der Waals surface area contributed by atoms with Gasteiger partial charge in [-0.3, -0.25) is 19.3 Å². The SMILES string of the molecule is CC[C@H](C(=O)N[C@@H](Cc1cc(F)cc(F)c1)c1ncccc1-c1ccc(F)c(C(N)=O)c1)n1nc(C(F)F)cc1C(F)F. The first-order valence-electron chi connectivity index (χ1n) is 12.8. The van der Waals surface area contributed by atoms with Crippen molar-refractivity contribution in [2.45, 2.75) is 44.7 Å². The van der Waals surface area contributed by atoms with Crippen LogP contribution in [-0.2, 0) is 11.2 Å². The van der Waals surface area contributed by atoms with Gasteiger partial charge in [0.25, 0.3) is 18.8 Å². The van der Waals surface area contributed by atoms with Crippen molar-refractivity contribution in [3.8, 4) is 11.1 Å². The number of nitrogens with two attached hydrogens (primary N) is 1. The highest BCUT2D eigenvalue weighted by Gasteiger charge is 2.31. The minimum absolute atomic E-state index is 0.0803. The molecule has 0 saturated carbocycles. The van der Waals surface area contributed by atoms with Gasteiger partial charge in [0.05, 0.1) is 17.3 Å². The maximum absolute atomic E-state index is 14.2. The fraction of sp³-hybridized carbons (Fsp3) is 0.241. The lowest BCUT2D eigenvalue weighted by atomic mass is 9.94. The molecule has 226 valence electrons. The summed E-state index contributed by atoms with van der Waals surface area (Å²) in [5.74, 6) is -4.67. The smallest absolute Gasteiger partial charge is 0.282 e. The molecule has 14 heteroatoms. The molecule has 0 aliphatic heterocycles. The quantitative estimate of drug-likeness (QED) is 0.193. The Hall–Kier alpha value is -4.75. The van der Waals surface area contributed by atoms with Gasteiger partial charge in [0.2, 0.25) is 5.91 Å². The fourth-order valence-corrected chi connectivity index (χ4v) is 4.69. The number of hydrogen-bond acceptors (Lipinski definition) is 4. The molecule has 2 heterocycles. The summed E-state index contributed by atoms with van der Waals surface area (Å²) >= 11 is 0. The maximum Gasteiger partial charge on any atom is 0.282 e. The number of alkyl halides is 4. The van der Waals surface area contributed by atoms with Crippen LogP contribution in [0.25, 0.3) is 11.1 Å². The zero-order valence-electron chi connectivity index (χ0n) is 22.4. The molecule has 0 aliphatic carbocycles. The molecule has 3 N–H and O–H groups in total. The molecular formula is C29H24F7N5O2. The third-order valence-electron chi connectivity index (χ3n) is 6.61. The Morgan fingerprint density at radius 2 is 1.65 bits per heavy atom. The molecule has 0 bridgehead atoms. The van der Waals surface area contributed by atoms with E-state index in [1.807, 2.05) is 0 Å². The van der Waals surface area contributed by atoms with E-state index in [9.17, 15) is 40.3 Å². The summed E-state index contributed by atoms with van der Waals surface area (Å²) in [5.41, 5.74) is 3.71. The van der Waals surface area contributed by atoms with Crippen molar-refractivity contribution in [2.24, 2.45) is 5.73 Å². The normalized spacial score (nSPS) is 12.9. The molecule has 2 aromatic carbocycles. The van der Waals surface area contributed by atoms with Gasteiger partial charge in [-0.05, 0) is 60.4 Å². The zero-order chi connectivity index (χ0) is 31.4. The molecule has 7 nitrogen and oxygen atoms in total. The van der Waals surface area contributed by atoms with E-state index >= 15 is 0 Å². The number of aromatic nitrogens is 3. The monoisotopic (exact) mass is 607 g/mol. The first kappa shape index (κ1) is 31.2. The molecule has 0 spiro atoms. The van der Waals surface area contributed by atoms with Crippen LogP contribution in [0.4, 0.5) is 30.7 Å². The second kappa shape index (κ2) is 13.0. The van der Waals surface area contributed by atoms with Crippen molar-refractivity contribution < 1.29 is 40.3 Å². The summed E-state index contributed by atoms with van der Waals surface area (Å²) in [5, 5.41) is 6.17. The number of nitrogens with zero attached hydrogens (tertiary/aromatic N) is 3. The molecule has 0 radical (unpaired) electrons. The van der Waals surface area contributed by atoms with Crippen LogP contribution in [0.15, 0.2) is 60.8 Å². The number of carbonyl (C=O) groups is 2. The van der Waals surface area contributed by atoms with Gasteiger partial charge in [0.15, 0.2) is 0 Å². The Balaban J connectivity index is 1.81. The van der Waals surface area contributed by atoms with Crippen LogP contribution < -0.4 is 11.1 Å². The van der Waals surface area contributed by atoms with Crippen LogP contribution in [0.1, 0.15) is 71.3 Å². The number of carbonyl (C=O) groups excluding carboxylic acids is 2. The van der Waals surface area contributed by atoms with Crippen molar-refractivity contribution in [1.82, 2.24) is 20.1 Å². The van der Waals surface area contributed by atoms with Crippen molar-refractivity contribution in [2.75, 3.05) is 0 Å². The number of halogens is 7. The third kappa shape index (κ3) is 7.01. The Bertz CT molecular complexity index is 1620. The largest absolute Gasteiger partial charge is 0.366 e. The van der Waals surface area contributed by atoms with Crippen LogP contribution in [0.3, 0.4) is 0 Å². The summed E-state index contributed by atoms with van der Waals surface area (Å²) < 4.78 is 96.9. The number of pyridine rings is 1. The summed E-state index contributed by atoms with van der Waals surface area (Å²) in [6.07, 6.45) is -5.47. The summed E-state index contributed by atoms with van der Waals surface area (Å²) in [7, 11) is 0. The lowest BCUT2D eigenvalue weighted by Gasteiger charge is -2.25. The molecule has 4 aromatic rings. The molecule has 4 rings (SSSR count). The molecule has 43 heavy (non-hydrogen) atoms. The second-order valence-corrected chi connectivity index (χ2v) is 9.50. The molecule has 0 saturated heterocycles. The van der Waals surface area contributed by atoms with Crippen molar-refractivity contribution in [1.29, 1.82) is 0 Å². The molecule has 2 aromatic heterocycles. The van der Waals surface area contributed by atoms with Crippen LogP contribution in [0.5, 0.6) is 0 Å². The maximum atomic E-state index is 14.2. The summed E-state index contributed by atoms with van der Waals surface area (Å²) in [4.78, 5) is 29.7. The van der Waals surface area contributed by atoms with Crippen LogP contribution in [-0.4, -0.2) is 26.6 Å². The molecule has 0 unspecified atom stereocenters. The number of nitrogens with one attached hydrogen (secondary N) is 1. The number of benzene rings is 2. The van der Waals surface area contributed by atoms with E-state index in [4.69, 9.17) is 5.73 Å². The van der Waals surface area contributed by atoms with E-state index in [1.165, 1.54) is 31.3 Å². The Labute approximate surface area is 240 Å². The number of hydrogen-bond donors (Lipinski definition) is 2. The first-order valence-corrected chi connectivity index (χ1v) is 12.8. The Morgan fingerprint density at radius 1 is 0.953 bits per heavy atom. The van der Waals surface area contributed by atoms with Gasteiger partial charge in [-0.2, -0.15) is 5.10 Å². The Kier molecular flexibility index (Phi) is 9.46. The van der Waals surface area contributed by atoms with E-state index in [-0.39, 0.29) is 35.2 Å². The molecule has 0 fully saturated rings. The first-order chi connectivity index (χ1) is 20.4. The lowest BCUT2D eigenvalue weighted by molar-refractivity contribution is -0.125. The lowest BCUT2D eigenvalue weighted by Crippen LogP contribution is -2.37. The van der Waals surface area contributed by atoms with Gasteiger partial charge in [0.1, 0.15) is 34.9 Å². The van der Waals surface area contributed by atoms with Crippen LogP contribution >= 0.6 is 0 Å². The highest BCUT2D eigenvalue weighted by molar-refractivity contribution is 5.94. The van der Waals surface area contributed by atoms with E-state index in [2.05, 4.69) is 15.4 Å². The van der Waals surface area contributed by atoms with Gasteiger partial charge in [0, 0.05) is 17.8 Å². The topological polar surface area (TPSA) is 103 Å². The predicted molar refractivity (Wildman–Crippen MR) is 141 cm³/mol. The van der Waals surface area contributed by atoms with Gasteiger partial charge >= 0.3 is 0 Å². The van der Waals surface area contributed by atoms with Crippen molar-refractivity contribution in [3.05, 3.63) is 106 Å². The minimum atomic E-state index is -3.23. The standard InChI is InChI=1S/C29H24F7N5O2/c1-2-23(41-24(27(35)36)13-22(40-41)26(33)34)29(43)39-21(10-14-8-16(30)12-17(31)9-14)25-18(4-3-7-38-25)15-5-6-20(32)19(11-15)28(37)42/h3-9,11-13,21,23,26-27H,2,10H2,1H3,(H2,37,42)(H,39,43)/t21-,23+/m0/s1. The van der Waals surface area contributed by atoms with Gasteiger partial charge < -0.3 is 11.1 Å². The molecule has 2 atom stereocenters. The van der Waals surface area contributed by atoms with Gasteiger partial charge in [-0.25, -0.2) is 30.7 Å². The highest BCUT2D eigenvalue weighted by atomic mass is 19.3. The highest BCUT2D eigenvalue weighted by Crippen LogP contribution is 2.32. The van der Waals surface area contributed by atoms with Crippen LogP contribution in [0.2, 0.25) is 0 Å². The van der Waals surface area contributed by atoms with Crippen LogP contribution in [0, 0.1) is 17.5 Å². The summed E-state index contributed by atoms with van der Waals surface area (Å²) in [6.45, 7) is 1.45. The molecule has 0 aliphatic rings.